The van der Waals surface area contributed by atoms with Crippen LogP contribution in [-0.2, 0) is 14.3 Å². The summed E-state index contributed by atoms with van der Waals surface area (Å²) in [6.07, 6.45) is -0.0461. The fourth-order valence-electron chi connectivity index (χ4n) is 3.51. The molecule has 0 aliphatic carbocycles. The molecular formula is C19H26N4O4. The highest BCUT2D eigenvalue weighted by atomic mass is 16.5. The molecule has 2 fully saturated rings. The Morgan fingerprint density at radius 2 is 1.85 bits per heavy atom. The molecule has 0 saturated carbocycles. The second-order valence-electron chi connectivity index (χ2n) is 6.83. The first-order valence-corrected chi connectivity index (χ1v) is 9.27. The van der Waals surface area contributed by atoms with E-state index < -0.39 is 0 Å². The molecule has 2 saturated heterocycles. The van der Waals surface area contributed by atoms with Crippen LogP contribution in [0.25, 0.3) is 0 Å². The zero-order valence-corrected chi connectivity index (χ0v) is 15.6. The molecule has 1 aromatic carbocycles. The average molecular weight is 374 g/mol. The Kier molecular flexibility index (Phi) is 6.28. The van der Waals surface area contributed by atoms with Crippen molar-refractivity contribution in [1.82, 2.24) is 15.1 Å². The van der Waals surface area contributed by atoms with Crippen LogP contribution in [0.4, 0.5) is 10.5 Å². The van der Waals surface area contributed by atoms with Crippen LogP contribution < -0.4 is 10.2 Å². The molecule has 146 valence electrons. The van der Waals surface area contributed by atoms with E-state index in [2.05, 4.69) is 10.2 Å². The topological polar surface area (TPSA) is 82.2 Å². The summed E-state index contributed by atoms with van der Waals surface area (Å²) in [5.41, 5.74) is 0.835. The van der Waals surface area contributed by atoms with Gasteiger partial charge in [0.05, 0.1) is 13.0 Å². The summed E-state index contributed by atoms with van der Waals surface area (Å²) in [4.78, 5) is 41.7. The molecule has 0 radical (unpaired) electrons. The van der Waals surface area contributed by atoms with Gasteiger partial charge in [-0.15, -0.1) is 0 Å². The highest BCUT2D eigenvalue weighted by Crippen LogP contribution is 2.24. The van der Waals surface area contributed by atoms with Gasteiger partial charge in [-0.2, -0.15) is 0 Å². The second kappa shape index (κ2) is 8.85. The fourth-order valence-corrected chi connectivity index (χ4v) is 3.51. The Labute approximate surface area is 159 Å². The molecular weight excluding hydrogens is 348 g/mol. The molecule has 2 aliphatic heterocycles. The van der Waals surface area contributed by atoms with Crippen LogP contribution in [0.1, 0.15) is 6.42 Å². The number of rotatable bonds is 5. The van der Waals surface area contributed by atoms with Crippen molar-refractivity contribution < 1.29 is 19.1 Å². The van der Waals surface area contributed by atoms with Crippen LogP contribution in [0.15, 0.2) is 30.3 Å². The minimum absolute atomic E-state index is 0.0136. The van der Waals surface area contributed by atoms with Crippen molar-refractivity contribution >= 4 is 23.6 Å². The molecule has 0 bridgehead atoms. The third kappa shape index (κ3) is 4.77. The van der Waals surface area contributed by atoms with Crippen molar-refractivity contribution in [1.29, 1.82) is 0 Å². The van der Waals surface area contributed by atoms with Gasteiger partial charge in [0.15, 0.2) is 0 Å². The Bertz CT molecular complexity index is 674. The molecule has 1 N–H and O–H groups in total. The van der Waals surface area contributed by atoms with E-state index in [1.54, 1.807) is 9.80 Å². The summed E-state index contributed by atoms with van der Waals surface area (Å²) in [5, 5.41) is 2.94. The number of nitrogens with zero attached hydrogens (tertiary/aromatic N) is 3. The van der Waals surface area contributed by atoms with Crippen LogP contribution in [0, 0.1) is 5.92 Å². The van der Waals surface area contributed by atoms with Crippen LogP contribution in [-0.4, -0.2) is 80.6 Å². The Hall–Kier alpha value is -2.61. The highest BCUT2D eigenvalue weighted by molar-refractivity contribution is 6.00. The molecule has 2 heterocycles. The number of carbonyl (C=O) groups excluding carboxylic acids is 3. The molecule has 27 heavy (non-hydrogen) atoms. The molecule has 0 spiro atoms. The standard InChI is InChI=1S/C19H26N4O4/c1-27-19(26)22-11-9-21(10-12-22)8-7-20-18(25)15-13-17(24)23(14-15)16-5-3-2-4-6-16/h2-6,15H,7-14H2,1H3,(H,20,25). The number of ether oxygens (including phenoxy) is 1. The lowest BCUT2D eigenvalue weighted by Gasteiger charge is -2.33. The maximum absolute atomic E-state index is 12.4. The number of para-hydroxylation sites is 1. The zero-order chi connectivity index (χ0) is 19.2. The number of methoxy groups -OCH3 is 1. The van der Waals surface area contributed by atoms with E-state index >= 15 is 0 Å². The highest BCUT2D eigenvalue weighted by Gasteiger charge is 2.35. The number of carbonyl (C=O) groups is 3. The summed E-state index contributed by atoms with van der Waals surface area (Å²) in [7, 11) is 1.39. The van der Waals surface area contributed by atoms with Crippen molar-refractivity contribution in [3.63, 3.8) is 0 Å². The van der Waals surface area contributed by atoms with Crippen LogP contribution in [0.2, 0.25) is 0 Å². The van der Waals surface area contributed by atoms with Crippen molar-refractivity contribution in [2.45, 2.75) is 6.42 Å². The number of benzene rings is 1. The first-order valence-electron chi connectivity index (χ1n) is 9.27. The van der Waals surface area contributed by atoms with E-state index in [1.165, 1.54) is 7.11 Å². The number of piperazine rings is 1. The first kappa shape index (κ1) is 19.2. The van der Waals surface area contributed by atoms with Crippen molar-refractivity contribution in [2.75, 3.05) is 57.8 Å². The van der Waals surface area contributed by atoms with E-state index in [9.17, 15) is 14.4 Å². The van der Waals surface area contributed by atoms with E-state index in [1.807, 2.05) is 30.3 Å². The van der Waals surface area contributed by atoms with Gasteiger partial charge >= 0.3 is 6.09 Å². The van der Waals surface area contributed by atoms with Gasteiger partial charge in [0.1, 0.15) is 0 Å². The lowest BCUT2D eigenvalue weighted by molar-refractivity contribution is -0.126. The van der Waals surface area contributed by atoms with Crippen molar-refractivity contribution in [3.05, 3.63) is 30.3 Å². The number of nitrogens with one attached hydrogen (secondary N) is 1. The third-order valence-corrected chi connectivity index (χ3v) is 5.10. The normalized spacial score (nSPS) is 20.6. The quantitative estimate of drug-likeness (QED) is 0.814. The van der Waals surface area contributed by atoms with E-state index in [0.29, 0.717) is 26.2 Å². The van der Waals surface area contributed by atoms with Gasteiger partial charge in [0, 0.05) is 57.9 Å². The fraction of sp³-hybridized carbons (Fsp3) is 0.526. The largest absolute Gasteiger partial charge is 0.453 e. The molecule has 3 rings (SSSR count). The Balaban J connectivity index is 1.39. The maximum Gasteiger partial charge on any atom is 0.409 e. The van der Waals surface area contributed by atoms with Crippen LogP contribution in [0.5, 0.6) is 0 Å². The lowest BCUT2D eigenvalue weighted by Crippen LogP contribution is -2.50. The van der Waals surface area contributed by atoms with Gasteiger partial charge in [-0.3, -0.25) is 14.5 Å². The number of hydrogen-bond donors (Lipinski definition) is 1. The maximum atomic E-state index is 12.4. The smallest absolute Gasteiger partial charge is 0.409 e. The number of hydrogen-bond acceptors (Lipinski definition) is 5. The predicted octanol–water partition coefficient (Wildman–Crippen LogP) is 0.540. The predicted molar refractivity (Wildman–Crippen MR) is 100 cm³/mol. The van der Waals surface area contributed by atoms with Crippen LogP contribution >= 0.6 is 0 Å². The summed E-state index contributed by atoms with van der Waals surface area (Å²) >= 11 is 0. The van der Waals surface area contributed by atoms with E-state index in [-0.39, 0.29) is 30.2 Å². The monoisotopic (exact) mass is 374 g/mol. The molecule has 8 nitrogen and oxygen atoms in total. The van der Waals surface area contributed by atoms with E-state index in [0.717, 1.165) is 25.3 Å². The molecule has 0 aromatic heterocycles. The van der Waals surface area contributed by atoms with Crippen molar-refractivity contribution in [2.24, 2.45) is 5.92 Å². The molecule has 3 amide bonds. The molecule has 1 aromatic rings. The molecule has 2 aliphatic rings. The van der Waals surface area contributed by atoms with Gasteiger partial charge in [-0.05, 0) is 12.1 Å². The van der Waals surface area contributed by atoms with Gasteiger partial charge in [-0.1, -0.05) is 18.2 Å². The summed E-state index contributed by atoms with van der Waals surface area (Å²) in [6.45, 7) is 4.46. The lowest BCUT2D eigenvalue weighted by atomic mass is 10.1. The Morgan fingerprint density at radius 3 is 2.52 bits per heavy atom. The minimum atomic E-state index is -0.311. The van der Waals surface area contributed by atoms with Crippen LogP contribution in [0.3, 0.4) is 0 Å². The first-order chi connectivity index (χ1) is 13.1. The molecule has 1 atom stereocenters. The third-order valence-electron chi connectivity index (χ3n) is 5.10. The van der Waals surface area contributed by atoms with E-state index in [4.69, 9.17) is 4.74 Å². The SMILES string of the molecule is COC(=O)N1CCN(CCNC(=O)C2CC(=O)N(c3ccccc3)C2)CC1. The van der Waals surface area contributed by atoms with Gasteiger partial charge in [0.2, 0.25) is 11.8 Å². The second-order valence-corrected chi connectivity index (χ2v) is 6.83. The van der Waals surface area contributed by atoms with Gasteiger partial charge < -0.3 is 19.9 Å². The number of anilines is 1. The zero-order valence-electron chi connectivity index (χ0n) is 15.6. The molecule has 1 unspecified atom stereocenters. The molecule has 8 heteroatoms. The summed E-state index contributed by atoms with van der Waals surface area (Å²) in [6, 6.07) is 9.43. The van der Waals surface area contributed by atoms with Gasteiger partial charge in [-0.25, -0.2) is 4.79 Å². The Morgan fingerprint density at radius 1 is 1.15 bits per heavy atom. The van der Waals surface area contributed by atoms with Gasteiger partial charge in [0.25, 0.3) is 0 Å². The van der Waals surface area contributed by atoms with Crippen molar-refractivity contribution in [3.8, 4) is 0 Å². The summed E-state index contributed by atoms with van der Waals surface area (Å²) in [5.74, 6) is -0.399. The number of amides is 3. The summed E-state index contributed by atoms with van der Waals surface area (Å²) < 4.78 is 4.72. The average Bonchev–Trinajstić information content (AvgIpc) is 3.10. The minimum Gasteiger partial charge on any atom is -0.453 e.